The maximum Gasteiger partial charge on any atom is 0.243 e. The molecule has 2 N–H and O–H groups in total. The Morgan fingerprint density at radius 3 is 2.46 bits per heavy atom. The summed E-state index contributed by atoms with van der Waals surface area (Å²) in [6, 6.07) is 13.3. The molecule has 0 aliphatic heterocycles. The van der Waals surface area contributed by atoms with E-state index >= 15 is 0 Å². The normalized spacial score (nSPS) is 20.5. The van der Waals surface area contributed by atoms with Gasteiger partial charge in [-0.2, -0.15) is 15.0 Å². The van der Waals surface area contributed by atoms with Crippen LogP contribution in [0.5, 0.6) is 0 Å². The summed E-state index contributed by atoms with van der Waals surface area (Å²) in [4.78, 5) is 18.3. The molecule has 0 radical (unpaired) electrons. The van der Waals surface area contributed by atoms with Crippen LogP contribution in [0.2, 0.25) is 0 Å². The second-order valence-corrected chi connectivity index (χ2v) is 6.80. The largest absolute Gasteiger partial charge is 0.393 e. The van der Waals surface area contributed by atoms with Crippen molar-refractivity contribution in [1.29, 1.82) is 0 Å². The minimum atomic E-state index is -0.263. The fraction of sp³-hybridized carbons (Fsp3) is 0.368. The molecule has 1 aliphatic carbocycles. The molecule has 0 bridgehead atoms. The highest BCUT2D eigenvalue weighted by Gasteiger charge is 2.35. The predicted octanol–water partition coefficient (Wildman–Crippen LogP) is 1.32. The smallest absolute Gasteiger partial charge is 0.243 e. The number of aliphatic hydroxyl groups excluding tert-OH is 1. The van der Waals surface area contributed by atoms with E-state index in [-0.39, 0.29) is 30.5 Å². The van der Waals surface area contributed by atoms with Crippen LogP contribution in [0, 0.1) is 5.92 Å². The van der Waals surface area contributed by atoms with E-state index in [0.29, 0.717) is 19.3 Å². The molecule has 1 atom stereocenters. The summed E-state index contributed by atoms with van der Waals surface area (Å²) >= 11 is 0. The maximum atomic E-state index is 12.5. The monoisotopic (exact) mass is 351 g/mol. The van der Waals surface area contributed by atoms with Gasteiger partial charge in [-0.1, -0.05) is 18.2 Å². The van der Waals surface area contributed by atoms with Crippen LogP contribution in [-0.4, -0.2) is 43.1 Å². The lowest BCUT2D eigenvalue weighted by molar-refractivity contribution is -0.123. The number of nitrogens with one attached hydrogen (secondary N) is 1. The van der Waals surface area contributed by atoms with Crippen molar-refractivity contribution in [2.24, 2.45) is 5.92 Å². The van der Waals surface area contributed by atoms with Crippen LogP contribution in [0.25, 0.3) is 11.0 Å². The van der Waals surface area contributed by atoms with Gasteiger partial charge in [0.15, 0.2) is 0 Å². The molecule has 1 amide bonds. The molecule has 1 fully saturated rings. The first-order chi connectivity index (χ1) is 12.7. The first kappa shape index (κ1) is 16.7. The number of aliphatic hydroxyl groups is 1. The number of carbonyl (C=O) groups is 1. The van der Waals surface area contributed by atoms with Crippen molar-refractivity contribution in [1.82, 2.24) is 25.3 Å². The lowest BCUT2D eigenvalue weighted by Gasteiger charge is -2.38. The molecule has 1 saturated carbocycles. The number of rotatable bonds is 6. The Morgan fingerprint density at radius 2 is 1.85 bits per heavy atom. The molecule has 2 aromatic heterocycles. The average molecular weight is 351 g/mol. The zero-order chi connectivity index (χ0) is 17.9. The molecular weight excluding hydrogens is 330 g/mol. The summed E-state index contributed by atoms with van der Waals surface area (Å²) in [5.41, 5.74) is 2.47. The van der Waals surface area contributed by atoms with Crippen LogP contribution in [0.15, 0.2) is 48.7 Å². The first-order valence-electron chi connectivity index (χ1n) is 8.84. The topological polar surface area (TPSA) is 92.9 Å². The fourth-order valence-corrected chi connectivity index (χ4v) is 3.39. The van der Waals surface area contributed by atoms with Crippen LogP contribution >= 0.6 is 0 Å². The molecule has 4 rings (SSSR count). The third kappa shape index (κ3) is 3.72. The van der Waals surface area contributed by atoms with Crippen molar-refractivity contribution < 1.29 is 9.90 Å². The molecular formula is C19H21N5O2. The zero-order valence-corrected chi connectivity index (χ0v) is 14.3. The van der Waals surface area contributed by atoms with Crippen molar-refractivity contribution in [2.45, 2.75) is 38.0 Å². The van der Waals surface area contributed by atoms with E-state index in [1.54, 1.807) is 6.20 Å². The number of hydrogen-bond acceptors (Lipinski definition) is 5. The van der Waals surface area contributed by atoms with E-state index in [4.69, 9.17) is 0 Å². The van der Waals surface area contributed by atoms with Crippen LogP contribution in [0.4, 0.5) is 0 Å². The van der Waals surface area contributed by atoms with Gasteiger partial charge in [-0.25, -0.2) is 0 Å². The van der Waals surface area contributed by atoms with Crippen LogP contribution < -0.4 is 5.32 Å². The summed E-state index contributed by atoms with van der Waals surface area (Å²) < 4.78 is 0. The molecule has 3 aromatic rings. The highest BCUT2D eigenvalue weighted by atomic mass is 16.3. The summed E-state index contributed by atoms with van der Waals surface area (Å²) in [5.74, 6) is 0.133. The second kappa shape index (κ2) is 7.21. The minimum absolute atomic E-state index is 0.0502. The van der Waals surface area contributed by atoms with Crippen molar-refractivity contribution in [3.63, 3.8) is 0 Å². The van der Waals surface area contributed by atoms with E-state index < -0.39 is 0 Å². The molecule has 7 heteroatoms. The lowest BCUT2D eigenvalue weighted by atomic mass is 9.76. The molecule has 0 saturated heterocycles. The molecule has 1 unspecified atom stereocenters. The van der Waals surface area contributed by atoms with Gasteiger partial charge in [0.2, 0.25) is 5.91 Å². The quantitative estimate of drug-likeness (QED) is 0.699. The second-order valence-electron chi connectivity index (χ2n) is 6.80. The molecule has 1 aromatic carbocycles. The van der Waals surface area contributed by atoms with Gasteiger partial charge in [0.05, 0.1) is 6.10 Å². The summed E-state index contributed by atoms with van der Waals surface area (Å²) in [7, 11) is 0. The van der Waals surface area contributed by atoms with Gasteiger partial charge < -0.3 is 10.4 Å². The fourth-order valence-electron chi connectivity index (χ4n) is 3.39. The number of carbonyl (C=O) groups excluding carboxylic acids is 1. The Labute approximate surface area is 151 Å². The Morgan fingerprint density at radius 1 is 1.15 bits per heavy atom. The minimum Gasteiger partial charge on any atom is -0.393 e. The number of hydrogen-bond donors (Lipinski definition) is 2. The van der Waals surface area contributed by atoms with E-state index in [9.17, 15) is 9.90 Å². The van der Waals surface area contributed by atoms with Gasteiger partial charge in [-0.3, -0.25) is 9.78 Å². The molecule has 2 heterocycles. The van der Waals surface area contributed by atoms with E-state index in [0.717, 1.165) is 16.7 Å². The number of pyridine rings is 1. The third-order valence-corrected chi connectivity index (χ3v) is 4.83. The number of amides is 1. The predicted molar refractivity (Wildman–Crippen MR) is 96.1 cm³/mol. The van der Waals surface area contributed by atoms with E-state index in [1.807, 2.05) is 42.5 Å². The van der Waals surface area contributed by atoms with Gasteiger partial charge in [0, 0.05) is 24.4 Å². The van der Waals surface area contributed by atoms with Crippen molar-refractivity contribution >= 4 is 16.9 Å². The molecule has 7 nitrogen and oxygen atoms in total. The number of nitrogens with zero attached hydrogens (tertiary/aromatic N) is 4. The first-order valence-corrected chi connectivity index (χ1v) is 8.84. The van der Waals surface area contributed by atoms with Crippen molar-refractivity contribution in [3.05, 3.63) is 54.4 Å². The van der Waals surface area contributed by atoms with Crippen molar-refractivity contribution in [2.75, 3.05) is 0 Å². The average Bonchev–Trinajstić information content (AvgIpc) is 3.01. The Balaban J connectivity index is 1.43. The Kier molecular flexibility index (Phi) is 4.62. The lowest BCUT2D eigenvalue weighted by Crippen LogP contribution is -2.49. The molecule has 26 heavy (non-hydrogen) atoms. The molecule has 1 aliphatic rings. The summed E-state index contributed by atoms with van der Waals surface area (Å²) in [6.45, 7) is 0.0721. The SMILES string of the molecule is O=C(Cn1nc2ccccc2n1)NC(Cc1ccccn1)C1CC(O)C1. The summed E-state index contributed by atoms with van der Waals surface area (Å²) in [6.07, 6.45) is 3.56. The van der Waals surface area contributed by atoms with Gasteiger partial charge in [-0.05, 0) is 43.0 Å². The Hall–Kier alpha value is -2.80. The van der Waals surface area contributed by atoms with Gasteiger partial charge >= 0.3 is 0 Å². The maximum absolute atomic E-state index is 12.5. The van der Waals surface area contributed by atoms with Crippen LogP contribution in [0.3, 0.4) is 0 Å². The standard InChI is InChI=1S/C19H21N5O2/c25-15-9-13(10-15)18(11-14-5-3-4-8-20-14)21-19(26)12-24-22-16-6-1-2-7-17(16)23-24/h1-8,13,15,18,25H,9-12H2,(H,21,26). The van der Waals surface area contributed by atoms with Gasteiger partial charge in [0.25, 0.3) is 0 Å². The number of benzene rings is 1. The van der Waals surface area contributed by atoms with Crippen molar-refractivity contribution in [3.8, 4) is 0 Å². The number of fused-ring (bicyclic) bond motifs is 1. The van der Waals surface area contributed by atoms with E-state index in [2.05, 4.69) is 20.5 Å². The number of aromatic nitrogens is 4. The molecule has 0 spiro atoms. The van der Waals surface area contributed by atoms with Gasteiger partial charge in [-0.15, -0.1) is 0 Å². The van der Waals surface area contributed by atoms with Crippen LogP contribution in [-0.2, 0) is 17.8 Å². The third-order valence-electron chi connectivity index (χ3n) is 4.83. The van der Waals surface area contributed by atoms with Crippen LogP contribution in [0.1, 0.15) is 18.5 Å². The highest BCUT2D eigenvalue weighted by molar-refractivity contribution is 5.77. The molecule has 134 valence electrons. The Bertz CT molecular complexity index is 856. The summed E-state index contributed by atoms with van der Waals surface area (Å²) in [5, 5.41) is 21.4. The van der Waals surface area contributed by atoms with E-state index in [1.165, 1.54) is 4.80 Å². The highest BCUT2D eigenvalue weighted by Crippen LogP contribution is 2.31. The van der Waals surface area contributed by atoms with Gasteiger partial charge in [0.1, 0.15) is 17.6 Å². The zero-order valence-electron chi connectivity index (χ0n) is 14.3.